The Balaban J connectivity index is 1.71. The van der Waals surface area contributed by atoms with E-state index in [9.17, 15) is 4.79 Å². The van der Waals surface area contributed by atoms with Gasteiger partial charge in [0.2, 0.25) is 0 Å². The van der Waals surface area contributed by atoms with Crippen molar-refractivity contribution in [3.05, 3.63) is 24.3 Å². The Morgan fingerprint density at radius 1 is 1.16 bits per heavy atom. The summed E-state index contributed by atoms with van der Waals surface area (Å²) in [6, 6.07) is 7.75. The molecule has 6 nitrogen and oxygen atoms in total. The second-order valence-electron chi connectivity index (χ2n) is 5.97. The molecule has 0 atom stereocenters. The Morgan fingerprint density at radius 2 is 1.88 bits per heavy atom. The van der Waals surface area contributed by atoms with E-state index in [0.717, 1.165) is 30.8 Å². The molecule has 0 aliphatic carbocycles. The number of benzene rings is 1. The quantitative estimate of drug-likeness (QED) is 0.696. The lowest BCUT2D eigenvalue weighted by atomic mass is 10.1. The van der Waals surface area contributed by atoms with Crippen LogP contribution in [-0.4, -0.2) is 56.5 Å². The molecule has 140 valence electrons. The van der Waals surface area contributed by atoms with E-state index in [1.54, 1.807) is 0 Å². The zero-order valence-corrected chi connectivity index (χ0v) is 15.3. The number of hydrogen-bond donors (Lipinski definition) is 1. The molecule has 1 N–H and O–H groups in total. The first-order valence-electron chi connectivity index (χ1n) is 9.23. The van der Waals surface area contributed by atoms with Crippen LogP contribution < -0.4 is 14.8 Å². The highest BCUT2D eigenvalue weighted by Crippen LogP contribution is 2.29. The van der Waals surface area contributed by atoms with Crippen LogP contribution in [-0.2, 0) is 4.74 Å². The molecule has 1 aliphatic rings. The lowest BCUT2D eigenvalue weighted by molar-refractivity contribution is 0.107. The number of nitrogens with one attached hydrogen (secondary N) is 1. The minimum atomic E-state index is 0.00432. The lowest BCUT2D eigenvalue weighted by Crippen LogP contribution is -2.46. The Kier molecular flexibility index (Phi) is 8.39. The molecule has 0 radical (unpaired) electrons. The van der Waals surface area contributed by atoms with E-state index >= 15 is 0 Å². The number of likely N-dealkylation sites (tertiary alicyclic amines) is 1. The van der Waals surface area contributed by atoms with Gasteiger partial charge < -0.3 is 24.4 Å². The predicted molar refractivity (Wildman–Crippen MR) is 97.3 cm³/mol. The van der Waals surface area contributed by atoms with Crippen molar-refractivity contribution in [2.75, 3.05) is 39.5 Å². The van der Waals surface area contributed by atoms with Crippen molar-refractivity contribution < 1.29 is 19.0 Å². The van der Waals surface area contributed by atoms with Gasteiger partial charge in [0.25, 0.3) is 0 Å². The zero-order valence-electron chi connectivity index (χ0n) is 15.3. The first-order chi connectivity index (χ1) is 12.2. The summed E-state index contributed by atoms with van der Waals surface area (Å²) in [5.74, 6) is 1.56. The number of carbonyl (C=O) groups excluding carboxylic acids is 1. The molecule has 6 heteroatoms. The van der Waals surface area contributed by atoms with E-state index in [4.69, 9.17) is 14.2 Å². The van der Waals surface area contributed by atoms with Crippen molar-refractivity contribution in [3.8, 4) is 11.5 Å². The Bertz CT molecular complexity index is 516. The molecule has 1 heterocycles. The summed E-state index contributed by atoms with van der Waals surface area (Å²) in [5.41, 5.74) is 0. The van der Waals surface area contributed by atoms with Gasteiger partial charge in [-0.2, -0.15) is 0 Å². The Hall–Kier alpha value is -1.95. The van der Waals surface area contributed by atoms with Crippen LogP contribution in [0.5, 0.6) is 11.5 Å². The maximum Gasteiger partial charge on any atom is 0.317 e. The Morgan fingerprint density at radius 3 is 2.56 bits per heavy atom. The summed E-state index contributed by atoms with van der Waals surface area (Å²) < 4.78 is 17.0. The molecule has 1 saturated heterocycles. The fraction of sp³-hybridized carbons (Fsp3) is 0.632. The van der Waals surface area contributed by atoms with E-state index in [-0.39, 0.29) is 12.1 Å². The highest BCUT2D eigenvalue weighted by Gasteiger charge is 2.24. The van der Waals surface area contributed by atoms with Crippen LogP contribution in [0.4, 0.5) is 4.79 Å². The fourth-order valence-corrected chi connectivity index (χ4v) is 2.80. The number of nitrogens with zero attached hydrogens (tertiary/aromatic N) is 1. The normalized spacial score (nSPS) is 15.0. The smallest absolute Gasteiger partial charge is 0.317 e. The van der Waals surface area contributed by atoms with Crippen molar-refractivity contribution in [2.24, 2.45) is 0 Å². The van der Waals surface area contributed by atoms with Gasteiger partial charge in [0.05, 0.1) is 6.61 Å². The van der Waals surface area contributed by atoms with Crippen molar-refractivity contribution in [2.45, 2.75) is 39.2 Å². The van der Waals surface area contributed by atoms with Gasteiger partial charge in [-0.3, -0.25) is 0 Å². The first kappa shape index (κ1) is 19.4. The monoisotopic (exact) mass is 350 g/mol. The largest absolute Gasteiger partial charge is 0.490 e. The first-order valence-corrected chi connectivity index (χ1v) is 9.23. The molecule has 0 aromatic heterocycles. The standard InChI is InChI=1S/C19H30N2O4/c1-3-23-15-7-12-20-19(22)21-13-10-16(11-14-21)25-18-9-6-5-8-17(18)24-4-2/h5-6,8-9,16H,3-4,7,10-15H2,1-2H3,(H,20,22). The molecule has 1 fully saturated rings. The third kappa shape index (κ3) is 6.46. The second kappa shape index (κ2) is 10.8. The number of para-hydroxylation sites is 2. The van der Waals surface area contributed by atoms with E-state index in [2.05, 4.69) is 5.32 Å². The second-order valence-corrected chi connectivity index (χ2v) is 5.97. The summed E-state index contributed by atoms with van der Waals surface area (Å²) in [6.07, 6.45) is 2.61. The number of ether oxygens (including phenoxy) is 3. The molecule has 0 spiro atoms. The lowest BCUT2D eigenvalue weighted by Gasteiger charge is -2.32. The minimum absolute atomic E-state index is 0.00432. The molecule has 0 bridgehead atoms. The van der Waals surface area contributed by atoms with Gasteiger partial charge in [0, 0.05) is 45.7 Å². The predicted octanol–water partition coefficient (Wildman–Crippen LogP) is 3.06. The molecule has 25 heavy (non-hydrogen) atoms. The molecule has 0 saturated carbocycles. The van der Waals surface area contributed by atoms with Crippen LogP contribution in [0.15, 0.2) is 24.3 Å². The van der Waals surface area contributed by atoms with Crippen molar-refractivity contribution in [1.29, 1.82) is 0 Å². The number of urea groups is 1. The van der Waals surface area contributed by atoms with Gasteiger partial charge in [-0.15, -0.1) is 0 Å². The SMILES string of the molecule is CCOCCCNC(=O)N1CCC(Oc2ccccc2OCC)CC1. The van der Waals surface area contributed by atoms with Crippen LogP contribution in [0.25, 0.3) is 0 Å². The van der Waals surface area contributed by atoms with E-state index < -0.39 is 0 Å². The van der Waals surface area contributed by atoms with Gasteiger partial charge >= 0.3 is 6.03 Å². The molecule has 2 amide bonds. The van der Waals surface area contributed by atoms with E-state index in [1.165, 1.54) is 0 Å². The van der Waals surface area contributed by atoms with E-state index in [1.807, 2.05) is 43.0 Å². The molecular weight excluding hydrogens is 320 g/mol. The summed E-state index contributed by atoms with van der Waals surface area (Å²) in [5, 5.41) is 2.95. The topological polar surface area (TPSA) is 60.0 Å². The summed E-state index contributed by atoms with van der Waals surface area (Å²) in [7, 11) is 0. The van der Waals surface area contributed by atoms with Crippen LogP contribution >= 0.6 is 0 Å². The number of hydrogen-bond acceptors (Lipinski definition) is 4. The van der Waals surface area contributed by atoms with Crippen molar-refractivity contribution in [3.63, 3.8) is 0 Å². The van der Waals surface area contributed by atoms with Gasteiger partial charge in [-0.1, -0.05) is 12.1 Å². The number of amides is 2. The van der Waals surface area contributed by atoms with Crippen molar-refractivity contribution >= 4 is 6.03 Å². The Labute approximate surface area is 150 Å². The van der Waals surface area contributed by atoms with Crippen LogP contribution in [0.2, 0.25) is 0 Å². The average Bonchev–Trinajstić information content (AvgIpc) is 2.64. The summed E-state index contributed by atoms with van der Waals surface area (Å²) in [6.45, 7) is 8.01. The van der Waals surface area contributed by atoms with Crippen molar-refractivity contribution in [1.82, 2.24) is 10.2 Å². The third-order valence-electron chi connectivity index (χ3n) is 4.12. The molecular formula is C19H30N2O4. The van der Waals surface area contributed by atoms with Crippen LogP contribution in [0, 0.1) is 0 Å². The maximum absolute atomic E-state index is 12.1. The molecule has 1 aliphatic heterocycles. The zero-order chi connectivity index (χ0) is 17.9. The van der Waals surface area contributed by atoms with Gasteiger partial charge in [-0.05, 0) is 32.4 Å². The molecule has 2 rings (SSSR count). The fourth-order valence-electron chi connectivity index (χ4n) is 2.80. The maximum atomic E-state index is 12.1. The van der Waals surface area contributed by atoms with Crippen LogP contribution in [0.1, 0.15) is 33.1 Å². The van der Waals surface area contributed by atoms with Gasteiger partial charge in [0.1, 0.15) is 6.10 Å². The molecule has 1 aromatic rings. The van der Waals surface area contributed by atoms with E-state index in [0.29, 0.717) is 39.5 Å². The number of piperidine rings is 1. The minimum Gasteiger partial charge on any atom is -0.490 e. The number of carbonyl (C=O) groups is 1. The number of rotatable bonds is 9. The molecule has 0 unspecified atom stereocenters. The third-order valence-corrected chi connectivity index (χ3v) is 4.12. The van der Waals surface area contributed by atoms with Gasteiger partial charge in [-0.25, -0.2) is 4.79 Å². The summed E-state index contributed by atoms with van der Waals surface area (Å²) >= 11 is 0. The van der Waals surface area contributed by atoms with Gasteiger partial charge in [0.15, 0.2) is 11.5 Å². The highest BCUT2D eigenvalue weighted by atomic mass is 16.5. The summed E-state index contributed by atoms with van der Waals surface area (Å²) in [4.78, 5) is 14.0. The average molecular weight is 350 g/mol. The highest BCUT2D eigenvalue weighted by molar-refractivity contribution is 5.74. The van der Waals surface area contributed by atoms with Crippen LogP contribution in [0.3, 0.4) is 0 Å². The molecule has 1 aromatic carbocycles.